The van der Waals surface area contributed by atoms with Gasteiger partial charge in [-0.05, 0) is 13.5 Å². The molecule has 0 bridgehead atoms. The Kier molecular flexibility index (Phi) is 4.18. The Labute approximate surface area is 79.7 Å². The van der Waals surface area contributed by atoms with E-state index >= 15 is 0 Å². The van der Waals surface area contributed by atoms with Crippen LogP contribution in [0.5, 0.6) is 0 Å². The van der Waals surface area contributed by atoms with Crippen molar-refractivity contribution in [2.24, 2.45) is 0 Å². The fraction of sp³-hybridized carbons (Fsp3) is 0.889. The van der Waals surface area contributed by atoms with Gasteiger partial charge in [0.1, 0.15) is 0 Å². The molecule has 1 atom stereocenters. The molecule has 0 spiro atoms. The Morgan fingerprint density at radius 1 is 1.62 bits per heavy atom. The molecule has 2 N–H and O–H groups in total. The summed E-state index contributed by atoms with van der Waals surface area (Å²) in [5.41, 5.74) is 0. The summed E-state index contributed by atoms with van der Waals surface area (Å²) in [4.78, 5) is 13.7. The van der Waals surface area contributed by atoms with Gasteiger partial charge in [0.05, 0.1) is 6.04 Å². The number of carbonyl (C=O) groups is 1. The van der Waals surface area contributed by atoms with Crippen molar-refractivity contribution in [3.63, 3.8) is 0 Å². The van der Waals surface area contributed by atoms with E-state index in [0.29, 0.717) is 6.54 Å². The normalized spacial score (nSPS) is 24.3. The number of likely N-dealkylation sites (N-methyl/N-ethyl adjacent to an activating group) is 2. The first-order chi connectivity index (χ1) is 6.27. The fourth-order valence-electron chi connectivity index (χ4n) is 1.57. The molecule has 13 heavy (non-hydrogen) atoms. The molecule has 0 aromatic carbocycles. The number of hydrogen-bond acceptors (Lipinski definition) is 3. The van der Waals surface area contributed by atoms with Gasteiger partial charge in [-0.1, -0.05) is 6.92 Å². The minimum Gasteiger partial charge on any atom is -0.355 e. The summed E-state index contributed by atoms with van der Waals surface area (Å²) in [5, 5.41) is 6.05. The van der Waals surface area contributed by atoms with Crippen molar-refractivity contribution in [3.8, 4) is 0 Å². The first kappa shape index (κ1) is 10.5. The molecule has 1 heterocycles. The van der Waals surface area contributed by atoms with Crippen LogP contribution in [0.15, 0.2) is 0 Å². The van der Waals surface area contributed by atoms with Gasteiger partial charge < -0.3 is 15.5 Å². The lowest BCUT2D eigenvalue weighted by molar-refractivity contribution is -0.124. The minimum absolute atomic E-state index is 0.0198. The number of nitrogens with one attached hydrogen (secondary N) is 2. The maximum Gasteiger partial charge on any atom is 0.238 e. The zero-order chi connectivity index (χ0) is 9.68. The van der Waals surface area contributed by atoms with Gasteiger partial charge in [-0.2, -0.15) is 0 Å². The SMILES string of the molecule is CCNC(=O)[C@@H]1CN(CC)CCN1. The summed E-state index contributed by atoms with van der Waals surface area (Å²) in [6, 6.07) is -0.0198. The molecule has 1 aliphatic heterocycles. The van der Waals surface area contributed by atoms with E-state index < -0.39 is 0 Å². The van der Waals surface area contributed by atoms with Crippen molar-refractivity contribution in [1.29, 1.82) is 0 Å². The molecule has 1 aliphatic rings. The molecular formula is C9H19N3O. The van der Waals surface area contributed by atoms with Crippen molar-refractivity contribution in [1.82, 2.24) is 15.5 Å². The van der Waals surface area contributed by atoms with Gasteiger partial charge in [0.15, 0.2) is 0 Å². The minimum atomic E-state index is -0.0198. The molecule has 4 nitrogen and oxygen atoms in total. The molecule has 0 radical (unpaired) electrons. The maximum atomic E-state index is 11.5. The van der Waals surface area contributed by atoms with Crippen LogP contribution >= 0.6 is 0 Å². The summed E-state index contributed by atoms with van der Waals surface area (Å²) < 4.78 is 0. The second-order valence-electron chi connectivity index (χ2n) is 3.29. The van der Waals surface area contributed by atoms with E-state index in [2.05, 4.69) is 22.5 Å². The largest absolute Gasteiger partial charge is 0.355 e. The Bertz CT molecular complexity index is 172. The van der Waals surface area contributed by atoms with Crippen molar-refractivity contribution >= 4 is 5.91 Å². The predicted molar refractivity (Wildman–Crippen MR) is 52.6 cm³/mol. The smallest absolute Gasteiger partial charge is 0.238 e. The van der Waals surface area contributed by atoms with Crippen LogP contribution in [0.4, 0.5) is 0 Å². The maximum absolute atomic E-state index is 11.5. The van der Waals surface area contributed by atoms with Gasteiger partial charge in [0.25, 0.3) is 0 Å². The lowest BCUT2D eigenvalue weighted by Crippen LogP contribution is -2.56. The van der Waals surface area contributed by atoms with Crippen LogP contribution in [0, 0.1) is 0 Å². The highest BCUT2D eigenvalue weighted by molar-refractivity contribution is 5.82. The number of nitrogens with zero attached hydrogens (tertiary/aromatic N) is 1. The lowest BCUT2D eigenvalue weighted by Gasteiger charge is -2.31. The predicted octanol–water partition coefficient (Wildman–Crippen LogP) is -0.584. The quantitative estimate of drug-likeness (QED) is 0.618. The number of hydrogen-bond donors (Lipinski definition) is 2. The van der Waals surface area contributed by atoms with Crippen molar-refractivity contribution < 1.29 is 4.79 Å². The van der Waals surface area contributed by atoms with Crippen LogP contribution < -0.4 is 10.6 Å². The molecule has 0 aliphatic carbocycles. The standard InChI is InChI=1S/C9H19N3O/c1-3-10-9(13)8-7-12(4-2)6-5-11-8/h8,11H,3-7H2,1-2H3,(H,10,13)/t8-/m0/s1. The van der Waals surface area contributed by atoms with Crippen LogP contribution in [-0.4, -0.2) is 49.6 Å². The summed E-state index contributed by atoms with van der Waals surface area (Å²) in [6.07, 6.45) is 0. The van der Waals surface area contributed by atoms with E-state index in [9.17, 15) is 4.79 Å². The molecule has 0 saturated carbocycles. The van der Waals surface area contributed by atoms with Gasteiger partial charge in [-0.3, -0.25) is 4.79 Å². The first-order valence-electron chi connectivity index (χ1n) is 5.01. The van der Waals surface area contributed by atoms with E-state index in [1.54, 1.807) is 0 Å². The molecular weight excluding hydrogens is 166 g/mol. The van der Waals surface area contributed by atoms with Crippen molar-refractivity contribution in [2.45, 2.75) is 19.9 Å². The van der Waals surface area contributed by atoms with Gasteiger partial charge in [-0.25, -0.2) is 0 Å². The third-order valence-electron chi connectivity index (χ3n) is 2.37. The second-order valence-corrected chi connectivity index (χ2v) is 3.29. The molecule has 4 heteroatoms. The van der Waals surface area contributed by atoms with E-state index in [-0.39, 0.29) is 11.9 Å². The summed E-state index contributed by atoms with van der Waals surface area (Å²) in [7, 11) is 0. The summed E-state index contributed by atoms with van der Waals surface area (Å²) in [5.74, 6) is 0.126. The zero-order valence-corrected chi connectivity index (χ0v) is 8.47. The van der Waals surface area contributed by atoms with Gasteiger partial charge in [-0.15, -0.1) is 0 Å². The first-order valence-corrected chi connectivity index (χ1v) is 5.01. The van der Waals surface area contributed by atoms with Gasteiger partial charge >= 0.3 is 0 Å². The number of rotatable bonds is 3. The van der Waals surface area contributed by atoms with Crippen LogP contribution in [0.3, 0.4) is 0 Å². The van der Waals surface area contributed by atoms with E-state index in [4.69, 9.17) is 0 Å². The average Bonchev–Trinajstić information content (AvgIpc) is 2.18. The summed E-state index contributed by atoms with van der Waals surface area (Å²) in [6.45, 7) is 8.60. The lowest BCUT2D eigenvalue weighted by atomic mass is 10.2. The number of carbonyl (C=O) groups excluding carboxylic acids is 1. The molecule has 0 aromatic rings. The molecule has 0 aromatic heterocycles. The molecule has 76 valence electrons. The molecule has 1 amide bonds. The molecule has 1 rings (SSSR count). The Hall–Kier alpha value is -0.610. The highest BCUT2D eigenvalue weighted by atomic mass is 16.2. The number of piperazine rings is 1. The van der Waals surface area contributed by atoms with Crippen LogP contribution in [0.25, 0.3) is 0 Å². The topological polar surface area (TPSA) is 44.4 Å². The third-order valence-corrected chi connectivity index (χ3v) is 2.37. The van der Waals surface area contributed by atoms with Gasteiger partial charge in [0.2, 0.25) is 5.91 Å². The highest BCUT2D eigenvalue weighted by Crippen LogP contribution is 1.98. The van der Waals surface area contributed by atoms with Crippen molar-refractivity contribution in [2.75, 3.05) is 32.7 Å². The van der Waals surface area contributed by atoms with Crippen molar-refractivity contribution in [3.05, 3.63) is 0 Å². The van der Waals surface area contributed by atoms with E-state index in [1.807, 2.05) is 6.92 Å². The molecule has 1 saturated heterocycles. The highest BCUT2D eigenvalue weighted by Gasteiger charge is 2.23. The third kappa shape index (κ3) is 2.97. The molecule has 1 fully saturated rings. The second kappa shape index (κ2) is 5.19. The molecule has 0 unspecified atom stereocenters. The van der Waals surface area contributed by atoms with E-state index in [0.717, 1.165) is 26.2 Å². The fourth-order valence-corrected chi connectivity index (χ4v) is 1.57. The van der Waals surface area contributed by atoms with Crippen LogP contribution in [-0.2, 0) is 4.79 Å². The van der Waals surface area contributed by atoms with Gasteiger partial charge in [0, 0.05) is 26.2 Å². The summed E-state index contributed by atoms with van der Waals surface area (Å²) >= 11 is 0. The zero-order valence-electron chi connectivity index (χ0n) is 8.47. The van der Waals surface area contributed by atoms with E-state index in [1.165, 1.54) is 0 Å². The Morgan fingerprint density at radius 2 is 2.38 bits per heavy atom. The number of amides is 1. The monoisotopic (exact) mass is 185 g/mol. The Morgan fingerprint density at radius 3 is 3.00 bits per heavy atom. The Balaban J connectivity index is 2.37. The van der Waals surface area contributed by atoms with Crippen LogP contribution in [0.1, 0.15) is 13.8 Å². The average molecular weight is 185 g/mol. The van der Waals surface area contributed by atoms with Crippen LogP contribution in [0.2, 0.25) is 0 Å².